The number of hydrogen-bond acceptors (Lipinski definition) is 4. The Morgan fingerprint density at radius 1 is 1.21 bits per heavy atom. The molecule has 8 heteroatoms. The molecule has 130 valence electrons. The van der Waals surface area contributed by atoms with Crippen molar-refractivity contribution in [2.24, 2.45) is 4.76 Å². The number of aliphatic hydroxyl groups is 2. The molecule has 2 rings (SSSR count). The van der Waals surface area contributed by atoms with Gasteiger partial charge in [-0.1, -0.05) is 18.2 Å². The van der Waals surface area contributed by atoms with Gasteiger partial charge in [0.05, 0.1) is 17.6 Å². The van der Waals surface area contributed by atoms with Crippen LogP contribution in [0, 0.1) is 0 Å². The zero-order valence-corrected chi connectivity index (χ0v) is 13.8. The van der Waals surface area contributed by atoms with Crippen LogP contribution in [-0.4, -0.2) is 36.9 Å². The highest BCUT2D eigenvalue weighted by atomic mass is 31.2. The molecular formula is C16H20NO6P. The van der Waals surface area contributed by atoms with Gasteiger partial charge < -0.3 is 25.1 Å². The zero-order valence-electron chi connectivity index (χ0n) is 12.9. The highest BCUT2D eigenvalue weighted by Crippen LogP contribution is 2.38. The van der Waals surface area contributed by atoms with Crippen molar-refractivity contribution in [3.8, 4) is 5.75 Å². The number of benzene rings is 1. The van der Waals surface area contributed by atoms with E-state index in [2.05, 4.69) is 4.76 Å². The van der Waals surface area contributed by atoms with Gasteiger partial charge in [-0.25, -0.2) is 4.57 Å². The number of aryl methyl sites for hydroxylation is 1. The van der Waals surface area contributed by atoms with Crippen LogP contribution in [0.15, 0.2) is 52.5 Å². The molecule has 7 nitrogen and oxygen atoms in total. The van der Waals surface area contributed by atoms with Crippen molar-refractivity contribution in [2.45, 2.75) is 31.8 Å². The zero-order chi connectivity index (χ0) is 17.7. The van der Waals surface area contributed by atoms with E-state index in [9.17, 15) is 19.9 Å². The van der Waals surface area contributed by atoms with Crippen LogP contribution in [0.3, 0.4) is 0 Å². The molecule has 1 aliphatic rings. The van der Waals surface area contributed by atoms with E-state index in [1.54, 1.807) is 18.2 Å². The molecule has 1 aromatic rings. The van der Waals surface area contributed by atoms with Gasteiger partial charge in [-0.15, -0.1) is 0 Å². The van der Waals surface area contributed by atoms with E-state index >= 15 is 0 Å². The Morgan fingerprint density at radius 3 is 2.62 bits per heavy atom. The molecular weight excluding hydrogens is 333 g/mol. The summed E-state index contributed by atoms with van der Waals surface area (Å²) in [6.45, 7) is 0. The van der Waals surface area contributed by atoms with Crippen LogP contribution in [0.1, 0.15) is 24.8 Å². The molecule has 0 aliphatic heterocycles. The summed E-state index contributed by atoms with van der Waals surface area (Å²) in [5, 5.41) is 29.2. The van der Waals surface area contributed by atoms with Gasteiger partial charge in [-0.2, -0.15) is 4.76 Å². The fraction of sp³-hybridized carbons (Fsp3) is 0.312. The first-order valence-electron chi connectivity index (χ1n) is 7.45. The Bertz CT molecular complexity index is 734. The van der Waals surface area contributed by atoms with Crippen molar-refractivity contribution in [2.75, 3.05) is 0 Å². The van der Waals surface area contributed by atoms with Gasteiger partial charge in [0.25, 0.3) is 0 Å². The largest absolute Gasteiger partial charge is 0.512 e. The SMILES string of the molecule is O=P(O)(O)N=C1CC(O)=CC=C1C(O)CCCc1cccc(O)c1. The first-order chi connectivity index (χ1) is 11.2. The molecule has 0 saturated heterocycles. The van der Waals surface area contributed by atoms with Crippen LogP contribution in [0.2, 0.25) is 0 Å². The summed E-state index contributed by atoms with van der Waals surface area (Å²) >= 11 is 0. The second kappa shape index (κ2) is 7.77. The van der Waals surface area contributed by atoms with E-state index < -0.39 is 13.9 Å². The molecule has 0 fully saturated rings. The molecule has 1 atom stereocenters. The summed E-state index contributed by atoms with van der Waals surface area (Å²) < 4.78 is 14.4. The van der Waals surface area contributed by atoms with Gasteiger partial charge in [0, 0.05) is 12.0 Å². The smallest absolute Gasteiger partial charge is 0.448 e. The maximum atomic E-state index is 11.1. The van der Waals surface area contributed by atoms with Crippen LogP contribution < -0.4 is 0 Å². The van der Waals surface area contributed by atoms with Crippen molar-refractivity contribution in [3.05, 3.63) is 53.3 Å². The minimum Gasteiger partial charge on any atom is -0.512 e. The first-order valence-corrected chi connectivity index (χ1v) is 9.02. The van der Waals surface area contributed by atoms with E-state index in [-0.39, 0.29) is 23.6 Å². The van der Waals surface area contributed by atoms with E-state index in [0.29, 0.717) is 24.8 Å². The fourth-order valence-electron chi connectivity index (χ4n) is 2.54. The molecule has 0 aromatic heterocycles. The lowest BCUT2D eigenvalue weighted by molar-refractivity contribution is 0.202. The minimum atomic E-state index is -4.65. The lowest BCUT2D eigenvalue weighted by Gasteiger charge is -2.20. The summed E-state index contributed by atoms with van der Waals surface area (Å²) in [5.41, 5.74) is 1.22. The third-order valence-electron chi connectivity index (χ3n) is 3.60. The van der Waals surface area contributed by atoms with Crippen molar-refractivity contribution in [3.63, 3.8) is 0 Å². The van der Waals surface area contributed by atoms with Crippen LogP contribution in [0.25, 0.3) is 0 Å². The molecule has 1 unspecified atom stereocenters. The summed E-state index contributed by atoms with van der Waals surface area (Å²) in [5.74, 6) is 0.109. The second-order valence-electron chi connectivity index (χ2n) is 5.59. The van der Waals surface area contributed by atoms with Gasteiger partial charge in [0.2, 0.25) is 0 Å². The monoisotopic (exact) mass is 353 g/mol. The number of aromatic hydroxyl groups is 1. The highest BCUT2D eigenvalue weighted by molar-refractivity contribution is 7.50. The molecule has 5 N–H and O–H groups in total. The van der Waals surface area contributed by atoms with Gasteiger partial charge in [-0.3, -0.25) is 0 Å². The predicted molar refractivity (Wildman–Crippen MR) is 89.9 cm³/mol. The van der Waals surface area contributed by atoms with Crippen molar-refractivity contribution in [1.29, 1.82) is 0 Å². The van der Waals surface area contributed by atoms with Gasteiger partial charge in [0.1, 0.15) is 5.75 Å². The Balaban J connectivity index is 2.02. The van der Waals surface area contributed by atoms with Gasteiger partial charge in [-0.05, 0) is 43.0 Å². The Kier molecular flexibility index (Phi) is 5.96. The normalized spacial score (nSPS) is 18.2. The number of allylic oxidation sites excluding steroid dienone is 3. The number of nitrogens with zero attached hydrogens (tertiary/aromatic N) is 1. The molecule has 1 aromatic carbocycles. The summed E-state index contributed by atoms with van der Waals surface area (Å²) in [7, 11) is -4.65. The van der Waals surface area contributed by atoms with Crippen molar-refractivity contribution < 1.29 is 29.7 Å². The Labute approximate surface area is 139 Å². The Hall–Kier alpha value is -1.92. The van der Waals surface area contributed by atoms with E-state index in [1.807, 2.05) is 6.07 Å². The lowest BCUT2D eigenvalue weighted by Crippen LogP contribution is -2.21. The molecule has 0 spiro atoms. The topological polar surface area (TPSA) is 131 Å². The van der Waals surface area contributed by atoms with Crippen LogP contribution in [0.4, 0.5) is 0 Å². The standard InChI is InChI=1S/C16H20NO6P/c18-12-5-1-3-11(9-12)4-2-6-16(20)14-8-7-13(19)10-15(14)17-24(21,22)23/h1,3,5,7-9,16,18-20H,2,4,6,10H2,(H2,21,22,23). The van der Waals surface area contributed by atoms with Crippen LogP contribution in [-0.2, 0) is 11.0 Å². The van der Waals surface area contributed by atoms with Crippen molar-refractivity contribution >= 4 is 13.5 Å². The molecule has 24 heavy (non-hydrogen) atoms. The van der Waals surface area contributed by atoms with Crippen LogP contribution in [0.5, 0.6) is 5.75 Å². The molecule has 0 heterocycles. The average molecular weight is 353 g/mol. The molecule has 0 amide bonds. The van der Waals surface area contributed by atoms with Crippen LogP contribution >= 0.6 is 7.75 Å². The third-order valence-corrected chi connectivity index (χ3v) is 4.10. The Morgan fingerprint density at radius 2 is 1.96 bits per heavy atom. The van der Waals surface area contributed by atoms with E-state index in [0.717, 1.165) is 5.56 Å². The maximum absolute atomic E-state index is 11.1. The van der Waals surface area contributed by atoms with E-state index in [4.69, 9.17) is 9.79 Å². The lowest BCUT2D eigenvalue weighted by atomic mass is 9.93. The van der Waals surface area contributed by atoms with Gasteiger partial charge >= 0.3 is 7.75 Å². The molecule has 0 saturated carbocycles. The predicted octanol–water partition coefficient (Wildman–Crippen LogP) is 2.38. The number of rotatable bonds is 6. The van der Waals surface area contributed by atoms with Gasteiger partial charge in [0.15, 0.2) is 0 Å². The number of phenols is 1. The quantitative estimate of drug-likeness (QED) is 0.499. The van der Waals surface area contributed by atoms with E-state index in [1.165, 1.54) is 12.2 Å². The molecule has 0 radical (unpaired) electrons. The second-order valence-corrected chi connectivity index (χ2v) is 6.82. The summed E-state index contributed by atoms with van der Waals surface area (Å²) in [6.07, 6.45) is 3.35. The number of aliphatic hydroxyl groups excluding tert-OH is 2. The first kappa shape index (κ1) is 18.4. The number of phenolic OH excluding ortho intramolecular Hbond substituents is 1. The third kappa shape index (κ3) is 5.62. The minimum absolute atomic E-state index is 0.00631. The maximum Gasteiger partial charge on any atom is 0.448 e. The fourth-order valence-corrected chi connectivity index (χ4v) is 3.04. The average Bonchev–Trinajstić information content (AvgIpc) is 2.45. The number of hydrogen-bond donors (Lipinski definition) is 5. The highest BCUT2D eigenvalue weighted by Gasteiger charge is 2.23. The summed E-state index contributed by atoms with van der Waals surface area (Å²) in [6, 6.07) is 6.83. The molecule has 1 aliphatic carbocycles. The summed E-state index contributed by atoms with van der Waals surface area (Å²) in [4.78, 5) is 18.0. The molecule has 0 bridgehead atoms. The van der Waals surface area contributed by atoms with Crippen molar-refractivity contribution in [1.82, 2.24) is 0 Å².